The molecular weight excluding hydrogens is 333 g/mol. The zero-order valence-electron chi connectivity index (χ0n) is 12.2. The molecule has 0 saturated heterocycles. The quantitative estimate of drug-likeness (QED) is 0.827. The van der Waals surface area contributed by atoms with E-state index in [1.165, 1.54) is 6.07 Å². The molecule has 0 amide bonds. The van der Waals surface area contributed by atoms with E-state index in [0.717, 1.165) is 34.3 Å². The van der Waals surface area contributed by atoms with Gasteiger partial charge in [-0.25, -0.2) is 4.39 Å². The highest BCUT2D eigenvalue weighted by atomic mass is 79.9. The van der Waals surface area contributed by atoms with Crippen LogP contribution < -0.4 is 10.1 Å². The van der Waals surface area contributed by atoms with Gasteiger partial charge >= 0.3 is 0 Å². The molecule has 0 aliphatic carbocycles. The second-order valence-corrected chi connectivity index (χ2v) is 5.74. The highest BCUT2D eigenvalue weighted by molar-refractivity contribution is 9.10. The molecule has 21 heavy (non-hydrogen) atoms. The molecule has 0 aliphatic rings. The second kappa shape index (κ2) is 7.57. The van der Waals surface area contributed by atoms with E-state index in [1.807, 2.05) is 37.3 Å². The van der Waals surface area contributed by atoms with Crippen LogP contribution >= 0.6 is 15.9 Å². The Morgan fingerprint density at radius 2 is 2.00 bits per heavy atom. The van der Waals surface area contributed by atoms with E-state index in [-0.39, 0.29) is 11.9 Å². The van der Waals surface area contributed by atoms with E-state index in [9.17, 15) is 4.39 Å². The molecule has 2 rings (SSSR count). The summed E-state index contributed by atoms with van der Waals surface area (Å²) < 4.78 is 19.8. The molecule has 0 radical (unpaired) electrons. The van der Waals surface area contributed by atoms with Crippen molar-refractivity contribution in [3.63, 3.8) is 0 Å². The van der Waals surface area contributed by atoms with Gasteiger partial charge in [0.05, 0.1) is 7.11 Å². The van der Waals surface area contributed by atoms with E-state index >= 15 is 0 Å². The number of rotatable bonds is 6. The molecule has 112 valence electrons. The summed E-state index contributed by atoms with van der Waals surface area (Å²) in [4.78, 5) is 0. The molecule has 0 aliphatic heterocycles. The van der Waals surface area contributed by atoms with Gasteiger partial charge in [0.1, 0.15) is 11.6 Å². The summed E-state index contributed by atoms with van der Waals surface area (Å²) in [5.74, 6) is 0.623. The van der Waals surface area contributed by atoms with Crippen LogP contribution in [-0.4, -0.2) is 13.7 Å². The molecule has 0 fully saturated rings. The van der Waals surface area contributed by atoms with E-state index in [1.54, 1.807) is 13.2 Å². The normalized spacial score (nSPS) is 12.2. The molecule has 0 spiro atoms. The van der Waals surface area contributed by atoms with E-state index in [0.29, 0.717) is 0 Å². The molecule has 2 nitrogen and oxygen atoms in total. The Labute approximate surface area is 133 Å². The van der Waals surface area contributed by atoms with Crippen molar-refractivity contribution in [1.82, 2.24) is 5.32 Å². The molecule has 1 atom stereocenters. The highest BCUT2D eigenvalue weighted by Gasteiger charge is 2.15. The van der Waals surface area contributed by atoms with Gasteiger partial charge in [0.2, 0.25) is 0 Å². The van der Waals surface area contributed by atoms with Gasteiger partial charge in [0.25, 0.3) is 0 Å². The maximum atomic E-state index is 13.6. The van der Waals surface area contributed by atoms with Gasteiger partial charge in [-0.1, -0.05) is 41.1 Å². The Hall–Kier alpha value is -1.39. The molecule has 2 aromatic rings. The van der Waals surface area contributed by atoms with Gasteiger partial charge in [-0.15, -0.1) is 0 Å². The first kappa shape index (κ1) is 16.0. The van der Waals surface area contributed by atoms with Crippen LogP contribution in [0.4, 0.5) is 4.39 Å². The van der Waals surface area contributed by atoms with Gasteiger partial charge in [-0.05, 0) is 48.4 Å². The highest BCUT2D eigenvalue weighted by Crippen LogP contribution is 2.27. The lowest BCUT2D eigenvalue weighted by Crippen LogP contribution is -2.23. The summed E-state index contributed by atoms with van der Waals surface area (Å²) in [5.41, 5.74) is 2.03. The van der Waals surface area contributed by atoms with Crippen molar-refractivity contribution < 1.29 is 9.13 Å². The van der Waals surface area contributed by atoms with Crippen LogP contribution in [0.3, 0.4) is 0 Å². The average Bonchev–Trinajstić information content (AvgIpc) is 2.46. The number of halogens is 2. The van der Waals surface area contributed by atoms with Gasteiger partial charge in [-0.2, -0.15) is 0 Å². The third-order valence-electron chi connectivity index (χ3n) is 3.35. The van der Waals surface area contributed by atoms with Crippen LogP contribution in [0, 0.1) is 5.82 Å². The van der Waals surface area contributed by atoms with Gasteiger partial charge in [0.15, 0.2) is 0 Å². The number of para-hydroxylation sites is 1. The summed E-state index contributed by atoms with van der Waals surface area (Å²) in [6.07, 6.45) is 0.744. The predicted molar refractivity (Wildman–Crippen MR) is 87.2 cm³/mol. The first-order valence-electron chi connectivity index (χ1n) is 6.95. The minimum atomic E-state index is -0.234. The first-order chi connectivity index (χ1) is 10.1. The number of methoxy groups -OCH3 is 1. The predicted octanol–water partition coefficient (Wildman–Crippen LogP) is 4.49. The SMILES string of the molecule is CCNC(Cc1ccccc1OC)c1cc(F)cc(Br)c1. The fourth-order valence-corrected chi connectivity index (χ4v) is 2.91. The molecule has 0 saturated carbocycles. The Morgan fingerprint density at radius 3 is 2.67 bits per heavy atom. The van der Waals surface area contributed by atoms with Gasteiger partial charge in [0, 0.05) is 10.5 Å². The fourth-order valence-electron chi connectivity index (χ4n) is 2.42. The maximum Gasteiger partial charge on any atom is 0.124 e. The van der Waals surface area contributed by atoms with Crippen molar-refractivity contribution in [3.05, 3.63) is 63.9 Å². The van der Waals surface area contributed by atoms with E-state index in [2.05, 4.69) is 21.2 Å². The summed E-state index contributed by atoms with van der Waals surface area (Å²) in [7, 11) is 1.67. The summed E-state index contributed by atoms with van der Waals surface area (Å²) in [6, 6.07) is 13.0. The molecule has 0 aromatic heterocycles. The lowest BCUT2D eigenvalue weighted by Gasteiger charge is -2.20. The van der Waals surface area contributed by atoms with Crippen molar-refractivity contribution >= 4 is 15.9 Å². The van der Waals surface area contributed by atoms with Crippen molar-refractivity contribution in [2.75, 3.05) is 13.7 Å². The minimum Gasteiger partial charge on any atom is -0.496 e. The Balaban J connectivity index is 2.30. The number of benzene rings is 2. The van der Waals surface area contributed by atoms with Crippen molar-refractivity contribution in [1.29, 1.82) is 0 Å². The third kappa shape index (κ3) is 4.29. The van der Waals surface area contributed by atoms with E-state index < -0.39 is 0 Å². The fraction of sp³-hybridized carbons (Fsp3) is 0.294. The number of nitrogens with one attached hydrogen (secondary N) is 1. The second-order valence-electron chi connectivity index (χ2n) is 4.83. The van der Waals surface area contributed by atoms with E-state index in [4.69, 9.17) is 4.74 Å². The number of hydrogen-bond acceptors (Lipinski definition) is 2. The zero-order chi connectivity index (χ0) is 15.2. The Bertz CT molecular complexity index is 583. The van der Waals surface area contributed by atoms with Gasteiger partial charge in [-0.3, -0.25) is 0 Å². The van der Waals surface area contributed by atoms with Crippen LogP contribution in [0.15, 0.2) is 46.9 Å². The average molecular weight is 352 g/mol. The molecule has 0 bridgehead atoms. The maximum absolute atomic E-state index is 13.6. The number of hydrogen-bond donors (Lipinski definition) is 1. The molecule has 0 heterocycles. The lowest BCUT2D eigenvalue weighted by molar-refractivity contribution is 0.405. The topological polar surface area (TPSA) is 21.3 Å². The van der Waals surface area contributed by atoms with Crippen LogP contribution in [0.25, 0.3) is 0 Å². The smallest absolute Gasteiger partial charge is 0.124 e. The monoisotopic (exact) mass is 351 g/mol. The minimum absolute atomic E-state index is 0.0401. The van der Waals surface area contributed by atoms with Crippen molar-refractivity contribution in [2.45, 2.75) is 19.4 Å². The zero-order valence-corrected chi connectivity index (χ0v) is 13.8. The van der Waals surface area contributed by atoms with Crippen molar-refractivity contribution in [3.8, 4) is 5.75 Å². The third-order valence-corrected chi connectivity index (χ3v) is 3.81. The Morgan fingerprint density at radius 1 is 1.24 bits per heavy atom. The molecule has 2 aromatic carbocycles. The van der Waals surface area contributed by atoms with Gasteiger partial charge < -0.3 is 10.1 Å². The standard InChI is InChI=1S/C17H19BrFNO/c1-3-20-16(13-8-14(18)11-15(19)9-13)10-12-6-4-5-7-17(12)21-2/h4-9,11,16,20H,3,10H2,1-2H3. The van der Waals surface area contributed by atoms with Crippen LogP contribution in [0.2, 0.25) is 0 Å². The summed E-state index contributed by atoms with van der Waals surface area (Å²) in [6.45, 7) is 2.86. The molecule has 4 heteroatoms. The van der Waals surface area contributed by atoms with Crippen LogP contribution in [-0.2, 0) is 6.42 Å². The first-order valence-corrected chi connectivity index (χ1v) is 7.74. The number of ether oxygens (including phenoxy) is 1. The number of likely N-dealkylation sites (N-methyl/N-ethyl adjacent to an activating group) is 1. The lowest BCUT2D eigenvalue weighted by atomic mass is 9.98. The molecule has 1 unspecified atom stereocenters. The summed E-state index contributed by atoms with van der Waals surface area (Å²) in [5, 5.41) is 3.41. The van der Waals surface area contributed by atoms with Crippen LogP contribution in [0.5, 0.6) is 5.75 Å². The molecular formula is C17H19BrFNO. The Kier molecular flexibility index (Phi) is 5.76. The van der Waals surface area contributed by atoms with Crippen molar-refractivity contribution in [2.24, 2.45) is 0 Å². The molecule has 1 N–H and O–H groups in total. The summed E-state index contributed by atoms with van der Waals surface area (Å²) >= 11 is 3.35. The van der Waals surface area contributed by atoms with Crippen LogP contribution in [0.1, 0.15) is 24.1 Å². The largest absolute Gasteiger partial charge is 0.496 e.